The van der Waals surface area contributed by atoms with E-state index in [2.05, 4.69) is 160 Å². The van der Waals surface area contributed by atoms with Crippen LogP contribution in [0.25, 0.3) is 0 Å². The van der Waals surface area contributed by atoms with E-state index in [1.165, 1.54) is 89.9 Å². The van der Waals surface area contributed by atoms with E-state index in [0.717, 1.165) is 135 Å². The minimum atomic E-state index is -1.52. The normalized spacial score (nSPS) is 13.7. The highest BCUT2D eigenvalue weighted by atomic mass is 16.7. The number of carbonyl (C=O) groups is 3. The number of likely N-dealkylation sites (N-methyl/N-ethyl adjacent to an activating group) is 1. The number of carbonyl (C=O) groups excluding carboxylic acids is 2. The molecule has 9 nitrogen and oxygen atoms in total. The zero-order valence-corrected chi connectivity index (χ0v) is 55.0. The first-order valence-electron chi connectivity index (χ1n) is 34.0. The highest BCUT2D eigenvalue weighted by Gasteiger charge is 2.25. The summed E-state index contributed by atoms with van der Waals surface area (Å²) in [5.74, 6) is -2.03. The van der Waals surface area contributed by atoms with Crippen molar-refractivity contribution in [3.63, 3.8) is 0 Å². The number of ether oxygens (including phenoxy) is 4. The quantitative estimate of drug-likeness (QED) is 0.0211. The summed E-state index contributed by atoms with van der Waals surface area (Å²) in [5.41, 5.74) is 0. The van der Waals surface area contributed by atoms with Crippen LogP contribution >= 0.6 is 0 Å². The summed E-state index contributed by atoms with van der Waals surface area (Å²) < 4.78 is 22.9. The molecule has 0 saturated heterocycles. The molecule has 0 aliphatic heterocycles. The topological polar surface area (TPSA) is 108 Å². The fourth-order valence-electron chi connectivity index (χ4n) is 8.96. The number of esters is 2. The average molecular weight is 1180 g/mol. The van der Waals surface area contributed by atoms with Crippen LogP contribution in [0.1, 0.15) is 258 Å². The average Bonchev–Trinajstić information content (AvgIpc) is 3.49. The molecule has 0 bridgehead atoms. The lowest BCUT2D eigenvalue weighted by atomic mass is 10.0. The zero-order valence-electron chi connectivity index (χ0n) is 55.0. The standard InChI is InChI=1S/C76H125NO8/c1-6-8-10-12-14-16-18-20-22-24-26-28-30-32-34-36-37-39-41-43-45-47-49-51-53-55-57-59-61-63-65-67-74(79)85-72(71-84-76(75(80)81)82-69-68-77(3,4)5)70-83-73(78)66-64-62-60-58-56-54-52-50-48-46-44-42-40-38-35-33-31-29-27-25-23-21-19-17-15-13-11-9-7-2/h8-11,14-17,20-23,26-29,32,34,37,39,43,45,49,51,72,76H,6-7,12-13,18-19,24-25,30-31,33,35-36,38,40-42,44,46-48,50,52-71H2,1-5H3/p+1/b10-8-,11-9-,16-14-,17-15-,22-20-,23-21-,28-26-,29-27-,34-32-,39-37-,45-43-,51-49-. The molecule has 0 aromatic carbocycles. The van der Waals surface area contributed by atoms with Gasteiger partial charge in [-0.1, -0.05) is 275 Å². The van der Waals surface area contributed by atoms with Gasteiger partial charge in [0.25, 0.3) is 6.29 Å². The molecule has 0 amide bonds. The second-order valence-electron chi connectivity index (χ2n) is 23.4. The molecule has 0 radical (unpaired) electrons. The highest BCUT2D eigenvalue weighted by molar-refractivity contribution is 5.71. The van der Waals surface area contributed by atoms with Crippen LogP contribution in [0.3, 0.4) is 0 Å². The number of quaternary nitrogens is 1. The van der Waals surface area contributed by atoms with Crippen molar-refractivity contribution in [1.29, 1.82) is 0 Å². The lowest BCUT2D eigenvalue weighted by molar-refractivity contribution is -0.870. The summed E-state index contributed by atoms with van der Waals surface area (Å²) in [6.45, 7) is 4.63. The fraction of sp³-hybridized carbons (Fsp3) is 0.645. The summed E-state index contributed by atoms with van der Waals surface area (Å²) in [6, 6.07) is 0. The molecule has 85 heavy (non-hydrogen) atoms. The molecule has 9 heteroatoms. The Morgan fingerprint density at radius 2 is 0.635 bits per heavy atom. The second kappa shape index (κ2) is 65.2. The molecule has 0 saturated carbocycles. The molecule has 0 aliphatic rings. The molecule has 0 aliphatic carbocycles. The Hall–Kier alpha value is -4.83. The third-order valence-electron chi connectivity index (χ3n) is 14.1. The number of carboxylic acids is 1. The van der Waals surface area contributed by atoms with Crippen molar-refractivity contribution in [3.05, 3.63) is 146 Å². The summed E-state index contributed by atoms with van der Waals surface area (Å²) in [6.07, 6.45) is 92.3. The van der Waals surface area contributed by atoms with Crippen molar-refractivity contribution in [1.82, 2.24) is 0 Å². The number of carboxylic acid groups (broad SMARTS) is 1. The van der Waals surface area contributed by atoms with E-state index < -0.39 is 24.3 Å². The van der Waals surface area contributed by atoms with E-state index >= 15 is 0 Å². The van der Waals surface area contributed by atoms with Gasteiger partial charge in [0, 0.05) is 12.8 Å². The Morgan fingerprint density at radius 3 is 0.941 bits per heavy atom. The van der Waals surface area contributed by atoms with Gasteiger partial charge in [0.2, 0.25) is 0 Å². The van der Waals surface area contributed by atoms with E-state index in [4.69, 9.17) is 18.9 Å². The summed E-state index contributed by atoms with van der Waals surface area (Å²) in [5, 5.41) is 9.74. The first-order valence-corrected chi connectivity index (χ1v) is 34.0. The Morgan fingerprint density at radius 1 is 0.353 bits per heavy atom. The molecule has 0 heterocycles. The number of aliphatic carboxylic acids is 1. The molecule has 0 rings (SSSR count). The van der Waals surface area contributed by atoms with Crippen LogP contribution in [0.4, 0.5) is 0 Å². The van der Waals surface area contributed by atoms with Gasteiger partial charge >= 0.3 is 17.9 Å². The summed E-state index contributed by atoms with van der Waals surface area (Å²) in [4.78, 5) is 37.6. The van der Waals surface area contributed by atoms with E-state index in [-0.39, 0.29) is 32.2 Å². The number of allylic oxidation sites excluding steroid dienone is 24. The van der Waals surface area contributed by atoms with Gasteiger partial charge in [-0.05, 0) is 116 Å². The van der Waals surface area contributed by atoms with E-state index in [0.29, 0.717) is 23.9 Å². The van der Waals surface area contributed by atoms with Gasteiger partial charge < -0.3 is 28.5 Å². The third kappa shape index (κ3) is 66.5. The maximum absolute atomic E-state index is 12.9. The van der Waals surface area contributed by atoms with Crippen LogP contribution in [0, 0.1) is 0 Å². The summed E-state index contributed by atoms with van der Waals surface area (Å²) in [7, 11) is 5.96. The number of hydrogen-bond acceptors (Lipinski definition) is 7. The van der Waals surface area contributed by atoms with Gasteiger partial charge in [-0.2, -0.15) is 0 Å². The van der Waals surface area contributed by atoms with Crippen LogP contribution in [-0.2, 0) is 33.3 Å². The Balaban J connectivity index is 4.21. The third-order valence-corrected chi connectivity index (χ3v) is 14.1. The van der Waals surface area contributed by atoms with Gasteiger partial charge in [0.05, 0.1) is 34.4 Å². The van der Waals surface area contributed by atoms with Gasteiger partial charge in [-0.15, -0.1) is 0 Å². The molecule has 0 aromatic rings. The molecule has 2 atom stereocenters. The van der Waals surface area contributed by atoms with Crippen LogP contribution in [0.15, 0.2) is 146 Å². The van der Waals surface area contributed by atoms with Gasteiger partial charge in [0.15, 0.2) is 6.10 Å². The Kier molecular flexibility index (Phi) is 61.4. The van der Waals surface area contributed by atoms with E-state index in [1.54, 1.807) is 0 Å². The van der Waals surface area contributed by atoms with Gasteiger partial charge in [0.1, 0.15) is 13.2 Å². The molecule has 0 spiro atoms. The molecule has 1 N–H and O–H groups in total. The van der Waals surface area contributed by atoms with Crippen molar-refractivity contribution in [3.8, 4) is 0 Å². The maximum atomic E-state index is 12.9. The predicted octanol–water partition coefficient (Wildman–Crippen LogP) is 21.1. The maximum Gasteiger partial charge on any atom is 0.361 e. The van der Waals surface area contributed by atoms with Crippen LogP contribution < -0.4 is 0 Å². The van der Waals surface area contributed by atoms with Crippen molar-refractivity contribution in [2.75, 3.05) is 47.5 Å². The number of unbranched alkanes of at least 4 members (excludes halogenated alkanes) is 22. The molecular formula is C76H126NO8+. The van der Waals surface area contributed by atoms with Crippen LogP contribution in [0.5, 0.6) is 0 Å². The van der Waals surface area contributed by atoms with E-state index in [9.17, 15) is 19.5 Å². The minimum absolute atomic E-state index is 0.177. The SMILES string of the molecule is CC/C=C\C/C=C\C/C=C\C/C=C\C/C=C\C/C=C\C/C=C\C/C=C\CCCCCCCCC(=O)OC(COC(=O)CCCCCCCCCCCCCCCCCC/C=C\C/C=C\C/C=C\C/C=C\CC)COC(OCC[N+](C)(C)C)C(=O)O. The number of hydrogen-bond donors (Lipinski definition) is 1. The Bertz CT molecular complexity index is 1900. The van der Waals surface area contributed by atoms with Crippen molar-refractivity contribution >= 4 is 17.9 Å². The number of nitrogens with zero attached hydrogens (tertiary/aromatic N) is 1. The summed E-state index contributed by atoms with van der Waals surface area (Å²) >= 11 is 0. The van der Waals surface area contributed by atoms with Gasteiger partial charge in [-0.25, -0.2) is 4.79 Å². The smallest absolute Gasteiger partial charge is 0.361 e. The fourth-order valence-corrected chi connectivity index (χ4v) is 8.96. The lowest BCUT2D eigenvalue weighted by Gasteiger charge is -2.25. The zero-order chi connectivity index (χ0) is 61.9. The number of rotatable bonds is 61. The lowest BCUT2D eigenvalue weighted by Crippen LogP contribution is -2.40. The molecular weight excluding hydrogens is 1050 g/mol. The molecule has 0 fully saturated rings. The van der Waals surface area contributed by atoms with Crippen LogP contribution in [-0.4, -0.2) is 87.4 Å². The van der Waals surface area contributed by atoms with Crippen molar-refractivity contribution in [2.24, 2.45) is 0 Å². The highest BCUT2D eigenvalue weighted by Crippen LogP contribution is 2.16. The van der Waals surface area contributed by atoms with Crippen molar-refractivity contribution in [2.45, 2.75) is 270 Å². The first kappa shape index (κ1) is 80.2. The van der Waals surface area contributed by atoms with Gasteiger partial charge in [-0.3, -0.25) is 9.59 Å². The minimum Gasteiger partial charge on any atom is -0.477 e. The second-order valence-corrected chi connectivity index (χ2v) is 23.4. The molecule has 482 valence electrons. The molecule has 0 aromatic heterocycles. The van der Waals surface area contributed by atoms with E-state index in [1.807, 2.05) is 21.1 Å². The molecule has 2 unspecified atom stereocenters. The predicted molar refractivity (Wildman–Crippen MR) is 364 cm³/mol. The van der Waals surface area contributed by atoms with Crippen molar-refractivity contribution < 1.29 is 42.9 Å². The largest absolute Gasteiger partial charge is 0.477 e. The Labute approximate surface area is 522 Å². The van der Waals surface area contributed by atoms with Crippen LogP contribution in [0.2, 0.25) is 0 Å². The monoisotopic (exact) mass is 1180 g/mol. The first-order chi connectivity index (χ1) is 41.6.